The molecule has 0 aromatic carbocycles. The first-order valence-corrected chi connectivity index (χ1v) is 7.83. The molecule has 3 aliphatic rings. The molecule has 1 heterocycles. The number of aliphatic carboxylic acids is 1. The van der Waals surface area contributed by atoms with Gasteiger partial charge in [-0.15, -0.1) is 0 Å². The maximum atomic E-state index is 13.2. The Balaban J connectivity index is 1.56. The van der Waals surface area contributed by atoms with Crippen LogP contribution in [0.2, 0.25) is 0 Å². The van der Waals surface area contributed by atoms with Crippen molar-refractivity contribution >= 4 is 11.9 Å². The molecule has 0 radical (unpaired) electrons. The number of nitrogens with zero attached hydrogens (tertiary/aromatic N) is 1. The molecule has 0 aromatic heterocycles. The van der Waals surface area contributed by atoms with Gasteiger partial charge >= 0.3 is 5.97 Å². The second-order valence-electron chi connectivity index (χ2n) is 6.83. The van der Waals surface area contributed by atoms with E-state index in [1.165, 1.54) is 4.90 Å². The highest BCUT2D eigenvalue weighted by molar-refractivity contribution is 5.81. The Kier molecular flexibility index (Phi) is 3.87. The minimum atomic E-state index is -2.61. The van der Waals surface area contributed by atoms with Crippen molar-refractivity contribution in [3.63, 3.8) is 0 Å². The second-order valence-corrected chi connectivity index (χ2v) is 6.83. The molecule has 1 N–H and O–H groups in total. The van der Waals surface area contributed by atoms with Crippen molar-refractivity contribution in [3.8, 4) is 0 Å². The van der Waals surface area contributed by atoms with E-state index in [2.05, 4.69) is 0 Å². The van der Waals surface area contributed by atoms with Gasteiger partial charge < -0.3 is 14.7 Å². The van der Waals surface area contributed by atoms with Crippen molar-refractivity contribution in [1.29, 1.82) is 0 Å². The van der Waals surface area contributed by atoms with E-state index in [0.717, 1.165) is 12.8 Å². The predicted molar refractivity (Wildman–Crippen MR) is 72.5 cm³/mol. The van der Waals surface area contributed by atoms with Crippen molar-refractivity contribution in [3.05, 3.63) is 0 Å². The van der Waals surface area contributed by atoms with Gasteiger partial charge in [0, 0.05) is 37.5 Å². The zero-order valence-corrected chi connectivity index (χ0v) is 12.4. The maximum absolute atomic E-state index is 13.2. The Labute approximate surface area is 127 Å². The highest BCUT2D eigenvalue weighted by Gasteiger charge is 2.76. The van der Waals surface area contributed by atoms with Gasteiger partial charge in [0.2, 0.25) is 5.91 Å². The predicted octanol–water partition coefficient (Wildman–Crippen LogP) is 1.90. The Hall–Kier alpha value is -1.24. The molecular formula is C15H21F2NO4. The van der Waals surface area contributed by atoms with Gasteiger partial charge in [-0.25, -0.2) is 8.78 Å². The molecule has 7 heteroatoms. The third-order valence-corrected chi connectivity index (χ3v) is 5.19. The van der Waals surface area contributed by atoms with E-state index in [1.54, 1.807) is 0 Å². The van der Waals surface area contributed by atoms with Crippen molar-refractivity contribution in [2.75, 3.05) is 19.7 Å². The van der Waals surface area contributed by atoms with Crippen LogP contribution in [-0.4, -0.2) is 53.6 Å². The molecule has 1 aliphatic heterocycles. The van der Waals surface area contributed by atoms with Crippen LogP contribution in [-0.2, 0) is 14.3 Å². The van der Waals surface area contributed by atoms with Crippen LogP contribution < -0.4 is 0 Å². The summed E-state index contributed by atoms with van der Waals surface area (Å²) in [4.78, 5) is 24.7. The van der Waals surface area contributed by atoms with Crippen molar-refractivity contribution in [2.45, 2.75) is 50.6 Å². The van der Waals surface area contributed by atoms with Crippen LogP contribution in [0.1, 0.15) is 38.5 Å². The summed E-state index contributed by atoms with van der Waals surface area (Å²) >= 11 is 0. The van der Waals surface area contributed by atoms with E-state index in [4.69, 9.17) is 9.84 Å². The summed E-state index contributed by atoms with van der Waals surface area (Å²) in [6.45, 7) is 1.14. The SMILES string of the molecule is O=C(O)CCN(CC1CCCO1)C(=O)C1CC2(C1)CC2(F)F. The number of rotatable bonds is 6. The van der Waals surface area contributed by atoms with Crippen LogP contribution in [0.4, 0.5) is 8.78 Å². The zero-order valence-electron chi connectivity index (χ0n) is 12.4. The molecule has 0 aromatic rings. The monoisotopic (exact) mass is 317 g/mol. The minimum absolute atomic E-state index is 0.0610. The van der Waals surface area contributed by atoms with Crippen molar-refractivity contribution in [2.24, 2.45) is 11.3 Å². The summed E-state index contributed by atoms with van der Waals surface area (Å²) in [5.74, 6) is -4.15. The topological polar surface area (TPSA) is 66.8 Å². The van der Waals surface area contributed by atoms with Gasteiger partial charge in [-0.2, -0.15) is 0 Å². The van der Waals surface area contributed by atoms with E-state index < -0.39 is 17.3 Å². The van der Waals surface area contributed by atoms with Gasteiger partial charge in [-0.05, 0) is 25.7 Å². The number of amides is 1. The van der Waals surface area contributed by atoms with Gasteiger partial charge in [0.25, 0.3) is 5.92 Å². The number of carboxylic acid groups (broad SMARTS) is 1. The third kappa shape index (κ3) is 2.83. The number of hydrogen-bond donors (Lipinski definition) is 1. The van der Waals surface area contributed by atoms with Crippen molar-refractivity contribution in [1.82, 2.24) is 4.90 Å². The molecule has 124 valence electrons. The number of carbonyl (C=O) groups excluding carboxylic acids is 1. The number of alkyl halides is 2. The number of hydrogen-bond acceptors (Lipinski definition) is 3. The summed E-state index contributed by atoms with van der Waals surface area (Å²) in [5, 5.41) is 8.81. The Morgan fingerprint density at radius 3 is 2.50 bits per heavy atom. The van der Waals surface area contributed by atoms with Crippen LogP contribution in [0, 0.1) is 11.3 Å². The van der Waals surface area contributed by atoms with Gasteiger partial charge in [0.1, 0.15) is 0 Å². The average molecular weight is 317 g/mol. The molecule has 3 fully saturated rings. The summed E-state index contributed by atoms with van der Waals surface area (Å²) < 4.78 is 32.0. The molecule has 5 nitrogen and oxygen atoms in total. The smallest absolute Gasteiger partial charge is 0.305 e. The minimum Gasteiger partial charge on any atom is -0.481 e. The Bertz CT molecular complexity index is 470. The molecule has 1 atom stereocenters. The van der Waals surface area contributed by atoms with Gasteiger partial charge in [-0.3, -0.25) is 9.59 Å². The van der Waals surface area contributed by atoms with Gasteiger partial charge in [-0.1, -0.05) is 0 Å². The number of ether oxygens (including phenoxy) is 1. The lowest BCUT2D eigenvalue weighted by molar-refractivity contribution is -0.146. The second kappa shape index (κ2) is 5.44. The molecule has 1 unspecified atom stereocenters. The largest absolute Gasteiger partial charge is 0.481 e. The molecule has 1 spiro atoms. The summed E-state index contributed by atoms with van der Waals surface area (Å²) in [5.41, 5.74) is -0.935. The fraction of sp³-hybridized carbons (Fsp3) is 0.867. The zero-order chi connectivity index (χ0) is 16.0. The van der Waals surface area contributed by atoms with E-state index in [0.29, 0.717) is 13.2 Å². The summed E-state index contributed by atoms with van der Waals surface area (Å²) in [7, 11) is 0. The van der Waals surface area contributed by atoms with E-state index >= 15 is 0 Å². The first-order valence-electron chi connectivity index (χ1n) is 7.83. The molecule has 0 bridgehead atoms. The van der Waals surface area contributed by atoms with E-state index in [1.807, 2.05) is 0 Å². The van der Waals surface area contributed by atoms with Crippen molar-refractivity contribution < 1.29 is 28.2 Å². The standard InChI is InChI=1S/C15H21F2NO4/c16-15(17)9-14(15)6-10(7-14)13(21)18(4-3-12(19)20)8-11-2-1-5-22-11/h10-11H,1-9H2,(H,19,20). The molecule has 3 rings (SSSR count). The number of halogens is 2. The molecule has 2 saturated carbocycles. The van der Waals surface area contributed by atoms with Crippen LogP contribution in [0.3, 0.4) is 0 Å². The highest BCUT2D eigenvalue weighted by atomic mass is 19.3. The first-order chi connectivity index (χ1) is 10.3. The molecule has 1 amide bonds. The molecule has 1 saturated heterocycles. The highest BCUT2D eigenvalue weighted by Crippen LogP contribution is 2.72. The third-order valence-electron chi connectivity index (χ3n) is 5.19. The maximum Gasteiger partial charge on any atom is 0.305 e. The lowest BCUT2D eigenvalue weighted by atomic mass is 9.70. The van der Waals surface area contributed by atoms with Gasteiger partial charge in [0.15, 0.2) is 0 Å². The lowest BCUT2D eigenvalue weighted by Gasteiger charge is -2.38. The fourth-order valence-corrected chi connectivity index (χ4v) is 3.70. The fourth-order valence-electron chi connectivity index (χ4n) is 3.70. The number of carbonyl (C=O) groups is 2. The normalized spacial score (nSPS) is 35.2. The molecule has 22 heavy (non-hydrogen) atoms. The molecule has 2 aliphatic carbocycles. The van der Waals surface area contributed by atoms with Crippen LogP contribution >= 0.6 is 0 Å². The first kappa shape index (κ1) is 15.6. The van der Waals surface area contributed by atoms with E-state index in [9.17, 15) is 18.4 Å². The summed E-state index contributed by atoms with van der Waals surface area (Å²) in [6, 6.07) is 0. The molecular weight excluding hydrogens is 296 g/mol. The Morgan fingerprint density at radius 2 is 2.00 bits per heavy atom. The van der Waals surface area contributed by atoms with E-state index in [-0.39, 0.29) is 50.2 Å². The van der Waals surface area contributed by atoms with Crippen LogP contribution in [0.15, 0.2) is 0 Å². The Morgan fingerprint density at radius 1 is 1.32 bits per heavy atom. The van der Waals surface area contributed by atoms with Crippen LogP contribution in [0.25, 0.3) is 0 Å². The lowest BCUT2D eigenvalue weighted by Crippen LogP contribution is -2.47. The number of carboxylic acids is 1. The van der Waals surface area contributed by atoms with Gasteiger partial charge in [0.05, 0.1) is 12.5 Å². The quantitative estimate of drug-likeness (QED) is 0.812. The van der Waals surface area contributed by atoms with Crippen LogP contribution in [0.5, 0.6) is 0 Å². The summed E-state index contributed by atoms with van der Waals surface area (Å²) in [6.07, 6.45) is 1.95. The average Bonchev–Trinajstić information content (AvgIpc) is 2.75.